The first kappa shape index (κ1) is 27.1. The zero-order chi connectivity index (χ0) is 27.8. The second kappa shape index (κ2) is 10.6. The molecule has 3 heterocycles. The van der Waals surface area contributed by atoms with Gasteiger partial charge in [-0.15, -0.1) is 0 Å². The largest absolute Gasteiger partial charge is 0.453 e. The van der Waals surface area contributed by atoms with E-state index in [1.165, 1.54) is 18.5 Å². The van der Waals surface area contributed by atoms with Gasteiger partial charge in [0.2, 0.25) is 0 Å². The fraction of sp³-hybridized carbons (Fsp3) is 0.452. The number of nitrogens with zero attached hydrogens (tertiary/aromatic N) is 3. The maximum Gasteiger partial charge on any atom is 0.410 e. The van der Waals surface area contributed by atoms with Crippen molar-refractivity contribution in [3.05, 3.63) is 72.1 Å². The number of benzene rings is 2. The van der Waals surface area contributed by atoms with E-state index >= 15 is 0 Å². The van der Waals surface area contributed by atoms with Crippen LogP contribution in [0.1, 0.15) is 70.7 Å². The van der Waals surface area contributed by atoms with Crippen molar-refractivity contribution in [3.63, 3.8) is 0 Å². The Hall–Kier alpha value is -3.52. The van der Waals surface area contributed by atoms with E-state index in [9.17, 15) is 9.18 Å². The van der Waals surface area contributed by atoms with Gasteiger partial charge in [0.15, 0.2) is 5.75 Å². The third-order valence-corrected chi connectivity index (χ3v) is 7.65. The average molecular weight is 533 g/mol. The molecule has 0 bridgehead atoms. The van der Waals surface area contributed by atoms with Crippen molar-refractivity contribution >= 4 is 6.09 Å². The summed E-state index contributed by atoms with van der Waals surface area (Å²) in [4.78, 5) is 24.1. The molecule has 7 nitrogen and oxygen atoms in total. The van der Waals surface area contributed by atoms with Crippen molar-refractivity contribution in [2.24, 2.45) is 5.41 Å². The third kappa shape index (κ3) is 5.48. The fourth-order valence-electron chi connectivity index (χ4n) is 5.88. The van der Waals surface area contributed by atoms with Crippen LogP contribution in [-0.2, 0) is 4.74 Å². The molecule has 0 aliphatic carbocycles. The summed E-state index contributed by atoms with van der Waals surface area (Å²) in [5.74, 6) is 0.840. The number of hydrogen-bond donors (Lipinski definition) is 1. The van der Waals surface area contributed by atoms with Crippen molar-refractivity contribution in [2.75, 3.05) is 19.6 Å². The Morgan fingerprint density at radius 1 is 1.13 bits per heavy atom. The van der Waals surface area contributed by atoms with Crippen LogP contribution in [0.4, 0.5) is 9.18 Å². The highest BCUT2D eigenvalue weighted by Crippen LogP contribution is 2.53. The summed E-state index contributed by atoms with van der Waals surface area (Å²) in [6.07, 6.45) is 4.49. The topological polar surface area (TPSA) is 76.6 Å². The Balaban J connectivity index is 1.58. The van der Waals surface area contributed by atoms with Gasteiger partial charge >= 0.3 is 6.09 Å². The molecule has 2 aliphatic heterocycles. The van der Waals surface area contributed by atoms with Gasteiger partial charge in [-0.2, -0.15) is 0 Å². The summed E-state index contributed by atoms with van der Waals surface area (Å²) in [6, 6.07) is 12.2. The molecule has 206 valence electrons. The van der Waals surface area contributed by atoms with Gasteiger partial charge in [0, 0.05) is 24.1 Å². The molecule has 1 amide bonds. The molecule has 8 heteroatoms. The lowest BCUT2D eigenvalue weighted by atomic mass is 9.78. The van der Waals surface area contributed by atoms with E-state index in [4.69, 9.17) is 9.47 Å². The van der Waals surface area contributed by atoms with Crippen LogP contribution in [-0.4, -0.2) is 46.2 Å². The second-order valence-electron chi connectivity index (χ2n) is 11.9. The van der Waals surface area contributed by atoms with Crippen LogP contribution in [0.3, 0.4) is 0 Å². The average Bonchev–Trinajstić information content (AvgIpc) is 3.52. The minimum atomic E-state index is -0.622. The molecule has 2 aromatic carbocycles. The Labute approximate surface area is 229 Å². The van der Waals surface area contributed by atoms with Gasteiger partial charge in [-0.3, -0.25) is 4.90 Å². The van der Waals surface area contributed by atoms with E-state index in [1.807, 2.05) is 39.0 Å². The van der Waals surface area contributed by atoms with Crippen LogP contribution >= 0.6 is 0 Å². The number of nitrogens with one attached hydrogen (secondary N) is 1. The fourth-order valence-corrected chi connectivity index (χ4v) is 5.88. The molecule has 1 spiro atoms. The number of aromatic nitrogens is 2. The van der Waals surface area contributed by atoms with Gasteiger partial charge in [0.05, 0.1) is 12.2 Å². The van der Waals surface area contributed by atoms with Gasteiger partial charge in [0.25, 0.3) is 0 Å². The van der Waals surface area contributed by atoms with E-state index in [0.29, 0.717) is 29.3 Å². The van der Waals surface area contributed by atoms with E-state index < -0.39 is 5.60 Å². The molecule has 1 aromatic heterocycles. The van der Waals surface area contributed by atoms with E-state index in [2.05, 4.69) is 35.2 Å². The lowest BCUT2D eigenvalue weighted by Crippen LogP contribution is -2.40. The van der Waals surface area contributed by atoms with Gasteiger partial charge in [-0.25, -0.2) is 19.2 Å². The number of likely N-dealkylation sites (tertiary alicyclic amines) is 1. The molecule has 0 radical (unpaired) electrons. The lowest BCUT2D eigenvalue weighted by Gasteiger charge is -2.35. The van der Waals surface area contributed by atoms with Crippen molar-refractivity contribution in [1.29, 1.82) is 0 Å². The molecule has 5 rings (SSSR count). The van der Waals surface area contributed by atoms with Crippen LogP contribution in [0.15, 0.2) is 55.0 Å². The molecular weight excluding hydrogens is 495 g/mol. The predicted octanol–water partition coefficient (Wildman–Crippen LogP) is 6.86. The van der Waals surface area contributed by atoms with Gasteiger partial charge in [0.1, 0.15) is 29.2 Å². The molecule has 2 saturated heterocycles. The number of carbonyl (C=O) groups is 1. The first-order valence-electron chi connectivity index (χ1n) is 13.6. The molecule has 3 aromatic rings. The smallest absolute Gasteiger partial charge is 0.410 e. The quantitative estimate of drug-likeness (QED) is 0.387. The molecule has 2 aliphatic rings. The number of amides is 1. The van der Waals surface area contributed by atoms with Gasteiger partial charge in [-0.1, -0.05) is 38.1 Å². The van der Waals surface area contributed by atoms with Crippen LogP contribution < -0.4 is 10.1 Å². The van der Waals surface area contributed by atoms with Crippen LogP contribution in [0, 0.1) is 11.2 Å². The highest BCUT2D eigenvalue weighted by atomic mass is 19.1. The maximum absolute atomic E-state index is 14.6. The maximum atomic E-state index is 14.6. The van der Waals surface area contributed by atoms with Gasteiger partial charge in [-0.05, 0) is 75.4 Å². The predicted molar refractivity (Wildman–Crippen MR) is 148 cm³/mol. The third-order valence-electron chi connectivity index (χ3n) is 7.65. The monoisotopic (exact) mass is 532 g/mol. The van der Waals surface area contributed by atoms with Gasteiger partial charge < -0.3 is 14.8 Å². The highest BCUT2D eigenvalue weighted by Gasteiger charge is 2.53. The van der Waals surface area contributed by atoms with Crippen molar-refractivity contribution in [3.8, 4) is 22.6 Å². The number of hydrogen-bond acceptors (Lipinski definition) is 6. The van der Waals surface area contributed by atoms with Crippen molar-refractivity contribution in [2.45, 2.75) is 65.0 Å². The summed E-state index contributed by atoms with van der Waals surface area (Å²) < 4.78 is 26.9. The minimum absolute atomic E-state index is 0.195. The van der Waals surface area contributed by atoms with Crippen LogP contribution in [0.25, 0.3) is 11.1 Å². The standard InChI is InChI=1S/C31H37FN4O3/c1-20(2)22-8-6-7-9-23(22)24-16-21(32)10-11-25(24)38-26-17-34-19-35-27(26)28-31(12-14-33-18-31)13-15-36(28)29(37)39-30(3,4)5/h6-11,16-17,19-20,28,33H,12-15,18H2,1-5H3. The number of rotatable bonds is 5. The molecule has 39 heavy (non-hydrogen) atoms. The van der Waals surface area contributed by atoms with Crippen molar-refractivity contribution < 1.29 is 18.7 Å². The molecule has 2 atom stereocenters. The normalized spacial score (nSPS) is 21.1. The molecule has 1 N–H and O–H groups in total. The SMILES string of the molecule is CC(C)c1ccccc1-c1cc(F)ccc1Oc1cncnc1C1N(C(=O)OC(C)(C)C)CCC12CCNC2. The zero-order valence-electron chi connectivity index (χ0n) is 23.3. The van der Waals surface area contributed by atoms with E-state index in [0.717, 1.165) is 37.1 Å². The Kier molecular flexibility index (Phi) is 7.33. The number of carbonyl (C=O) groups excluding carboxylic acids is 1. The second-order valence-corrected chi connectivity index (χ2v) is 11.9. The molecule has 0 saturated carbocycles. The Morgan fingerprint density at radius 3 is 2.64 bits per heavy atom. The molecular formula is C31H37FN4O3. The van der Waals surface area contributed by atoms with Crippen LogP contribution in [0.2, 0.25) is 0 Å². The summed E-state index contributed by atoms with van der Waals surface area (Å²) in [5.41, 5.74) is 2.47. The molecule has 2 unspecified atom stereocenters. The first-order chi connectivity index (χ1) is 18.6. The number of halogens is 1. The first-order valence-corrected chi connectivity index (χ1v) is 13.6. The van der Waals surface area contributed by atoms with Crippen molar-refractivity contribution in [1.82, 2.24) is 20.2 Å². The highest BCUT2D eigenvalue weighted by molar-refractivity contribution is 5.74. The molecule has 2 fully saturated rings. The summed E-state index contributed by atoms with van der Waals surface area (Å²) in [6.45, 7) is 12.0. The Bertz CT molecular complexity index is 1350. The summed E-state index contributed by atoms with van der Waals surface area (Å²) >= 11 is 0. The van der Waals surface area contributed by atoms with E-state index in [1.54, 1.807) is 17.2 Å². The van der Waals surface area contributed by atoms with E-state index in [-0.39, 0.29) is 29.3 Å². The summed E-state index contributed by atoms with van der Waals surface area (Å²) in [5, 5.41) is 3.48. The summed E-state index contributed by atoms with van der Waals surface area (Å²) in [7, 11) is 0. The van der Waals surface area contributed by atoms with Crippen LogP contribution in [0.5, 0.6) is 11.5 Å². The Morgan fingerprint density at radius 2 is 1.92 bits per heavy atom. The number of ether oxygens (including phenoxy) is 2. The minimum Gasteiger partial charge on any atom is -0.453 e. The lowest BCUT2D eigenvalue weighted by molar-refractivity contribution is 0.0160. The zero-order valence-corrected chi connectivity index (χ0v) is 23.3.